The summed E-state index contributed by atoms with van der Waals surface area (Å²) >= 11 is 0. The molecular formula is C15H16N2O3. The van der Waals surface area contributed by atoms with Crippen LogP contribution in [0.2, 0.25) is 0 Å². The highest BCUT2D eigenvalue weighted by Gasteiger charge is 2.15. The molecule has 0 unspecified atom stereocenters. The van der Waals surface area contributed by atoms with Crippen LogP contribution >= 0.6 is 0 Å². The lowest BCUT2D eigenvalue weighted by molar-refractivity contribution is 0.0992. The first kappa shape index (κ1) is 13.7. The van der Waals surface area contributed by atoms with Crippen LogP contribution < -0.4 is 15.4 Å². The molecule has 0 atom stereocenters. The molecule has 0 radical (unpaired) electrons. The molecule has 0 aliphatic carbocycles. The van der Waals surface area contributed by atoms with Gasteiger partial charge in [0.1, 0.15) is 11.5 Å². The lowest BCUT2D eigenvalue weighted by atomic mass is 10.1. The number of methoxy groups -OCH3 is 1. The molecule has 0 aliphatic rings. The third-order valence-electron chi connectivity index (χ3n) is 3.00. The lowest BCUT2D eigenvalue weighted by Gasteiger charge is -2.18. The van der Waals surface area contributed by atoms with Gasteiger partial charge in [0, 0.05) is 24.4 Å². The number of amides is 1. The van der Waals surface area contributed by atoms with Gasteiger partial charge in [-0.1, -0.05) is 6.07 Å². The number of ether oxygens (including phenoxy) is 1. The van der Waals surface area contributed by atoms with Crippen LogP contribution in [0.3, 0.4) is 0 Å². The minimum absolute atomic E-state index is 0.108. The van der Waals surface area contributed by atoms with Crippen molar-refractivity contribution in [3.63, 3.8) is 0 Å². The number of nitrogen functional groups attached to an aromatic ring is 1. The van der Waals surface area contributed by atoms with Crippen molar-refractivity contribution in [2.75, 3.05) is 24.8 Å². The van der Waals surface area contributed by atoms with E-state index in [9.17, 15) is 9.90 Å². The first-order valence-electron chi connectivity index (χ1n) is 6.03. The van der Waals surface area contributed by atoms with Gasteiger partial charge in [0.15, 0.2) is 0 Å². The summed E-state index contributed by atoms with van der Waals surface area (Å²) in [7, 11) is 3.14. The Hall–Kier alpha value is -2.69. The molecule has 0 spiro atoms. The van der Waals surface area contributed by atoms with Gasteiger partial charge < -0.3 is 20.5 Å². The van der Waals surface area contributed by atoms with Crippen molar-refractivity contribution in [1.29, 1.82) is 0 Å². The largest absolute Gasteiger partial charge is 0.508 e. The van der Waals surface area contributed by atoms with E-state index in [0.717, 1.165) is 0 Å². The molecule has 2 aromatic carbocycles. The number of phenols is 1. The normalized spacial score (nSPS) is 10.1. The van der Waals surface area contributed by atoms with E-state index < -0.39 is 0 Å². The van der Waals surface area contributed by atoms with Crippen LogP contribution in [0.1, 0.15) is 10.4 Å². The second-order valence-corrected chi connectivity index (χ2v) is 4.34. The first-order chi connectivity index (χ1) is 9.52. The maximum Gasteiger partial charge on any atom is 0.258 e. The molecule has 20 heavy (non-hydrogen) atoms. The van der Waals surface area contributed by atoms with E-state index in [1.807, 2.05) is 0 Å². The van der Waals surface area contributed by atoms with E-state index in [1.165, 1.54) is 18.1 Å². The number of phenolic OH excluding ortho intramolecular Hbond substituents is 1. The van der Waals surface area contributed by atoms with Crippen molar-refractivity contribution < 1.29 is 14.6 Å². The van der Waals surface area contributed by atoms with Crippen molar-refractivity contribution in [3.8, 4) is 11.5 Å². The fourth-order valence-corrected chi connectivity index (χ4v) is 1.86. The molecule has 0 saturated heterocycles. The Morgan fingerprint density at radius 2 is 2.00 bits per heavy atom. The molecule has 104 valence electrons. The predicted octanol–water partition coefficient (Wildman–Crippen LogP) is 2.26. The van der Waals surface area contributed by atoms with Gasteiger partial charge in [0.05, 0.1) is 12.8 Å². The second kappa shape index (κ2) is 5.52. The molecule has 0 aromatic heterocycles. The summed E-state index contributed by atoms with van der Waals surface area (Å²) in [5.74, 6) is 0.353. The molecule has 0 bridgehead atoms. The third kappa shape index (κ3) is 2.66. The molecule has 3 N–H and O–H groups in total. The minimum atomic E-state index is -0.214. The number of nitrogens with zero attached hydrogens (tertiary/aromatic N) is 1. The summed E-state index contributed by atoms with van der Waals surface area (Å²) in [6.45, 7) is 0. The van der Waals surface area contributed by atoms with E-state index in [0.29, 0.717) is 22.7 Å². The monoisotopic (exact) mass is 272 g/mol. The Morgan fingerprint density at radius 3 is 2.65 bits per heavy atom. The van der Waals surface area contributed by atoms with Crippen molar-refractivity contribution in [1.82, 2.24) is 0 Å². The number of aromatic hydroxyl groups is 1. The van der Waals surface area contributed by atoms with Gasteiger partial charge in [-0.2, -0.15) is 0 Å². The van der Waals surface area contributed by atoms with E-state index >= 15 is 0 Å². The van der Waals surface area contributed by atoms with Crippen molar-refractivity contribution in [2.24, 2.45) is 0 Å². The molecule has 2 aromatic rings. The van der Waals surface area contributed by atoms with Gasteiger partial charge in [-0.3, -0.25) is 4.79 Å². The standard InChI is InChI=1S/C15H16N2O3/c1-17(11-4-3-5-12(18)9-11)15(19)10-6-7-13(16)14(8-10)20-2/h3-9,18H,16H2,1-2H3. The van der Waals surface area contributed by atoms with Gasteiger partial charge in [-0.15, -0.1) is 0 Å². The predicted molar refractivity (Wildman–Crippen MR) is 78.2 cm³/mol. The average molecular weight is 272 g/mol. The van der Waals surface area contributed by atoms with E-state index in [1.54, 1.807) is 43.4 Å². The maximum atomic E-state index is 12.4. The molecule has 2 rings (SSSR count). The highest BCUT2D eigenvalue weighted by molar-refractivity contribution is 6.06. The van der Waals surface area contributed by atoms with Gasteiger partial charge in [-0.25, -0.2) is 0 Å². The van der Waals surface area contributed by atoms with Crippen LogP contribution in [0.4, 0.5) is 11.4 Å². The lowest BCUT2D eigenvalue weighted by Crippen LogP contribution is -2.26. The van der Waals surface area contributed by atoms with E-state index in [4.69, 9.17) is 10.5 Å². The zero-order valence-electron chi connectivity index (χ0n) is 11.3. The first-order valence-corrected chi connectivity index (χ1v) is 6.03. The maximum absolute atomic E-state index is 12.4. The number of hydrogen-bond acceptors (Lipinski definition) is 4. The van der Waals surface area contributed by atoms with Gasteiger partial charge >= 0.3 is 0 Å². The van der Waals surface area contributed by atoms with E-state index in [-0.39, 0.29) is 11.7 Å². The number of benzene rings is 2. The van der Waals surface area contributed by atoms with Gasteiger partial charge in [-0.05, 0) is 30.3 Å². The number of carbonyl (C=O) groups excluding carboxylic acids is 1. The number of carbonyl (C=O) groups is 1. The zero-order valence-corrected chi connectivity index (χ0v) is 11.3. The van der Waals surface area contributed by atoms with Crippen molar-refractivity contribution >= 4 is 17.3 Å². The molecule has 1 amide bonds. The van der Waals surface area contributed by atoms with Crippen LogP contribution in [-0.4, -0.2) is 25.2 Å². The summed E-state index contributed by atoms with van der Waals surface area (Å²) in [5.41, 5.74) is 7.26. The highest BCUT2D eigenvalue weighted by atomic mass is 16.5. The van der Waals surface area contributed by atoms with Crippen LogP contribution in [0, 0.1) is 0 Å². The minimum Gasteiger partial charge on any atom is -0.508 e. The van der Waals surface area contributed by atoms with Crippen LogP contribution in [0.5, 0.6) is 11.5 Å². The van der Waals surface area contributed by atoms with Crippen LogP contribution in [0.15, 0.2) is 42.5 Å². The Kier molecular flexibility index (Phi) is 3.79. The Labute approximate surface area is 117 Å². The molecule has 5 heteroatoms. The summed E-state index contributed by atoms with van der Waals surface area (Å²) < 4.78 is 5.10. The Morgan fingerprint density at radius 1 is 1.25 bits per heavy atom. The van der Waals surface area contributed by atoms with Gasteiger partial charge in [0.25, 0.3) is 5.91 Å². The van der Waals surface area contributed by atoms with Gasteiger partial charge in [0.2, 0.25) is 0 Å². The molecular weight excluding hydrogens is 256 g/mol. The number of nitrogens with two attached hydrogens (primary N) is 1. The molecule has 0 aliphatic heterocycles. The second-order valence-electron chi connectivity index (χ2n) is 4.34. The molecule has 0 saturated carbocycles. The Bertz CT molecular complexity index is 641. The van der Waals surface area contributed by atoms with E-state index in [2.05, 4.69) is 0 Å². The fourth-order valence-electron chi connectivity index (χ4n) is 1.86. The number of anilines is 2. The zero-order chi connectivity index (χ0) is 14.7. The highest BCUT2D eigenvalue weighted by Crippen LogP contribution is 2.25. The summed E-state index contributed by atoms with van der Waals surface area (Å²) in [5, 5.41) is 9.46. The Balaban J connectivity index is 2.31. The van der Waals surface area contributed by atoms with Crippen molar-refractivity contribution in [2.45, 2.75) is 0 Å². The number of rotatable bonds is 3. The average Bonchev–Trinajstić information content (AvgIpc) is 2.46. The topological polar surface area (TPSA) is 75.8 Å². The summed E-state index contributed by atoms with van der Waals surface area (Å²) in [4.78, 5) is 13.8. The van der Waals surface area contributed by atoms with Crippen LogP contribution in [0.25, 0.3) is 0 Å². The smallest absolute Gasteiger partial charge is 0.258 e. The SMILES string of the molecule is COc1cc(C(=O)N(C)c2cccc(O)c2)ccc1N. The summed E-state index contributed by atoms with van der Waals surface area (Å²) in [6.07, 6.45) is 0. The summed E-state index contributed by atoms with van der Waals surface area (Å²) in [6, 6.07) is 11.4. The molecule has 0 fully saturated rings. The quantitative estimate of drug-likeness (QED) is 0.840. The third-order valence-corrected chi connectivity index (χ3v) is 3.00. The number of hydrogen-bond donors (Lipinski definition) is 2. The van der Waals surface area contributed by atoms with Crippen LogP contribution in [-0.2, 0) is 0 Å². The van der Waals surface area contributed by atoms with Crippen molar-refractivity contribution in [3.05, 3.63) is 48.0 Å². The fraction of sp³-hybridized carbons (Fsp3) is 0.133. The molecule has 5 nitrogen and oxygen atoms in total. The molecule has 0 heterocycles.